The highest BCUT2D eigenvalue weighted by Crippen LogP contribution is 2.38. The number of carbonyl (C=O) groups is 2. The second kappa shape index (κ2) is 10.1. The van der Waals surface area contributed by atoms with E-state index in [0.29, 0.717) is 5.06 Å². The molecule has 0 aliphatic carbocycles. The first kappa shape index (κ1) is 27.9. The largest absolute Gasteiger partial charge is 0.493 e. The van der Waals surface area contributed by atoms with Gasteiger partial charge >= 0.3 is 17.8 Å². The highest BCUT2D eigenvalue weighted by Gasteiger charge is 2.50. The van der Waals surface area contributed by atoms with Crippen LogP contribution >= 0.6 is 0 Å². The molecule has 1 aliphatic heterocycles. The number of anilines is 2. The fraction of sp³-hybridized carbons (Fsp3) is 0.600. The number of halogens is 3. The van der Waals surface area contributed by atoms with E-state index in [1.54, 1.807) is 19.9 Å². The van der Waals surface area contributed by atoms with Gasteiger partial charge in [0.25, 0.3) is 5.56 Å². The number of allylic oxidation sites excluding steroid dienone is 1. The number of likely N-dealkylation sites (N-methyl/N-ethyl adjacent to an activating group) is 2. The number of fused-ring (bicyclic) bond motifs is 1. The van der Waals surface area contributed by atoms with E-state index in [0.717, 1.165) is 14.7 Å². The quantitative estimate of drug-likeness (QED) is 0.480. The van der Waals surface area contributed by atoms with Crippen molar-refractivity contribution in [3.63, 3.8) is 0 Å². The van der Waals surface area contributed by atoms with Crippen molar-refractivity contribution in [3.05, 3.63) is 32.5 Å². The van der Waals surface area contributed by atoms with Crippen LogP contribution in [0.4, 0.5) is 24.7 Å². The summed E-state index contributed by atoms with van der Waals surface area (Å²) in [6, 6.07) is -1.09. The molecule has 2 rings (SSSR count). The molecule has 0 fully saturated rings. The fourth-order valence-electron chi connectivity index (χ4n) is 3.60. The molecule has 2 unspecified atom stereocenters. The molecule has 1 aromatic heterocycles. The van der Waals surface area contributed by atoms with Gasteiger partial charge < -0.3 is 20.4 Å². The Hall–Kier alpha value is -3.33. The van der Waals surface area contributed by atoms with Gasteiger partial charge in [-0.25, -0.2) is 9.59 Å². The first-order chi connectivity index (χ1) is 16.0. The smallest absolute Gasteiger partial charge is 0.347 e. The van der Waals surface area contributed by atoms with Gasteiger partial charge in [0.2, 0.25) is 5.91 Å². The number of aromatic nitrogens is 2. The van der Waals surface area contributed by atoms with Crippen LogP contribution in [0.5, 0.6) is 0 Å². The highest BCUT2D eigenvalue weighted by atomic mass is 19.4. The van der Waals surface area contributed by atoms with Crippen molar-refractivity contribution >= 4 is 23.4 Å². The monoisotopic (exact) mass is 505 g/mol. The number of hydrogen-bond acceptors (Lipinski definition) is 9. The topological polar surface area (TPSA) is 126 Å². The summed E-state index contributed by atoms with van der Waals surface area (Å²) in [6.07, 6.45) is -4.99. The van der Waals surface area contributed by atoms with E-state index in [9.17, 15) is 32.3 Å². The summed E-state index contributed by atoms with van der Waals surface area (Å²) in [4.78, 5) is 58.5. The van der Waals surface area contributed by atoms with Gasteiger partial charge in [-0.05, 0) is 20.9 Å². The van der Waals surface area contributed by atoms with Crippen LogP contribution in [-0.4, -0.2) is 83.6 Å². The van der Waals surface area contributed by atoms with Gasteiger partial charge in [0.05, 0.1) is 6.04 Å². The SMILES string of the molecule is CC(C)=CCN1c2c(n(C)c(=O)n(C)c2=O)N(OC(=O)C(F)(F)F)C1N(C)CC(N)C(=O)N(C)C. The molecule has 1 amide bonds. The molecule has 196 valence electrons. The third-order valence-corrected chi connectivity index (χ3v) is 5.34. The lowest BCUT2D eigenvalue weighted by Gasteiger charge is -2.37. The van der Waals surface area contributed by atoms with Crippen LogP contribution in [0, 0.1) is 0 Å². The number of amides is 1. The number of alkyl halides is 3. The standard InChI is InChI=1S/C20H30F3N7O5/c1-11(2)8-9-29-13-14(27(6)19(34)28(7)16(13)32)30(35-17(33)20(21,22)23)18(29)26(5)10-12(24)15(31)25(3)4/h8,12,18H,9-10,24H2,1-7H3. The summed E-state index contributed by atoms with van der Waals surface area (Å²) in [5.74, 6) is -3.35. The molecule has 2 heterocycles. The normalized spacial score (nSPS) is 16.3. The molecule has 2 atom stereocenters. The highest BCUT2D eigenvalue weighted by molar-refractivity contribution is 5.82. The van der Waals surface area contributed by atoms with Crippen molar-refractivity contribution < 1.29 is 27.6 Å². The Labute approximate surface area is 199 Å². The van der Waals surface area contributed by atoms with Gasteiger partial charge in [-0.2, -0.15) is 13.2 Å². The van der Waals surface area contributed by atoms with E-state index in [1.807, 2.05) is 0 Å². The van der Waals surface area contributed by atoms with Crippen molar-refractivity contribution in [1.29, 1.82) is 0 Å². The Balaban J connectivity index is 2.74. The zero-order chi connectivity index (χ0) is 27.0. The molecule has 0 aromatic carbocycles. The first-order valence-corrected chi connectivity index (χ1v) is 10.5. The summed E-state index contributed by atoms with van der Waals surface area (Å²) in [6.45, 7) is 3.38. The second-order valence-corrected chi connectivity index (χ2v) is 8.64. The Morgan fingerprint density at radius 3 is 2.20 bits per heavy atom. The fourth-order valence-corrected chi connectivity index (χ4v) is 3.60. The number of hydroxylamine groups is 1. The maximum Gasteiger partial charge on any atom is 0.493 e. The van der Waals surface area contributed by atoms with Gasteiger partial charge in [0, 0.05) is 41.3 Å². The van der Waals surface area contributed by atoms with Crippen molar-refractivity contribution in [2.75, 3.05) is 44.2 Å². The molecule has 0 saturated heterocycles. The van der Waals surface area contributed by atoms with Crippen LogP contribution in [0.2, 0.25) is 0 Å². The molecule has 0 bridgehead atoms. The lowest BCUT2D eigenvalue weighted by atomic mass is 10.2. The first-order valence-electron chi connectivity index (χ1n) is 10.5. The minimum Gasteiger partial charge on any atom is -0.347 e. The third kappa shape index (κ3) is 5.51. The summed E-state index contributed by atoms with van der Waals surface area (Å²) >= 11 is 0. The van der Waals surface area contributed by atoms with Crippen LogP contribution < -0.4 is 26.9 Å². The molecule has 0 radical (unpaired) electrons. The lowest BCUT2D eigenvalue weighted by molar-refractivity contribution is -0.203. The van der Waals surface area contributed by atoms with E-state index in [2.05, 4.69) is 0 Å². The van der Waals surface area contributed by atoms with Gasteiger partial charge in [-0.1, -0.05) is 11.6 Å². The Kier molecular flexibility index (Phi) is 8.06. The molecule has 1 aromatic rings. The molecule has 0 saturated carbocycles. The van der Waals surface area contributed by atoms with Crippen LogP contribution in [0.1, 0.15) is 13.8 Å². The molecule has 12 nitrogen and oxygen atoms in total. The van der Waals surface area contributed by atoms with E-state index in [1.165, 1.54) is 49.9 Å². The van der Waals surface area contributed by atoms with Crippen molar-refractivity contribution in [1.82, 2.24) is 18.9 Å². The van der Waals surface area contributed by atoms with Gasteiger partial charge in [-0.15, -0.1) is 5.06 Å². The average molecular weight is 505 g/mol. The molecule has 35 heavy (non-hydrogen) atoms. The summed E-state index contributed by atoms with van der Waals surface area (Å²) < 4.78 is 41.1. The second-order valence-electron chi connectivity index (χ2n) is 8.64. The predicted molar refractivity (Wildman–Crippen MR) is 121 cm³/mol. The van der Waals surface area contributed by atoms with Crippen LogP contribution in [0.25, 0.3) is 0 Å². The number of hydrogen-bond donors (Lipinski definition) is 1. The minimum absolute atomic E-state index is 0.00865. The number of nitrogens with zero attached hydrogens (tertiary/aromatic N) is 6. The van der Waals surface area contributed by atoms with Gasteiger partial charge in [0.1, 0.15) is 0 Å². The van der Waals surface area contributed by atoms with Crippen LogP contribution in [-0.2, 0) is 28.5 Å². The Morgan fingerprint density at radius 2 is 1.71 bits per heavy atom. The predicted octanol–water partition coefficient (Wildman–Crippen LogP) is -0.672. The van der Waals surface area contributed by atoms with E-state index in [-0.39, 0.29) is 24.6 Å². The number of carbonyl (C=O) groups excluding carboxylic acids is 2. The molecular weight excluding hydrogens is 475 g/mol. The summed E-state index contributed by atoms with van der Waals surface area (Å²) in [7, 11) is 6.87. The van der Waals surface area contributed by atoms with Crippen molar-refractivity contribution in [2.24, 2.45) is 19.8 Å². The van der Waals surface area contributed by atoms with E-state index < -0.39 is 41.6 Å². The summed E-state index contributed by atoms with van der Waals surface area (Å²) in [5.41, 5.74) is 5.02. The molecule has 1 aliphatic rings. The molecule has 2 N–H and O–H groups in total. The zero-order valence-electron chi connectivity index (χ0n) is 20.6. The minimum atomic E-state index is -5.35. The van der Waals surface area contributed by atoms with Crippen LogP contribution in [0.3, 0.4) is 0 Å². The number of rotatable bonds is 7. The van der Waals surface area contributed by atoms with E-state index in [4.69, 9.17) is 10.6 Å². The zero-order valence-corrected chi connectivity index (χ0v) is 20.6. The van der Waals surface area contributed by atoms with Gasteiger partial charge in [0.15, 0.2) is 17.8 Å². The summed E-state index contributed by atoms with van der Waals surface area (Å²) in [5, 5.41) is 0.555. The van der Waals surface area contributed by atoms with Crippen LogP contribution in [0.15, 0.2) is 21.2 Å². The van der Waals surface area contributed by atoms with Crippen molar-refractivity contribution in [3.8, 4) is 0 Å². The molecule has 15 heteroatoms. The maximum atomic E-state index is 13.1. The maximum absolute atomic E-state index is 13.1. The van der Waals surface area contributed by atoms with Crippen molar-refractivity contribution in [2.45, 2.75) is 32.4 Å². The lowest BCUT2D eigenvalue weighted by Crippen LogP contribution is -2.59. The average Bonchev–Trinajstić information content (AvgIpc) is 3.07. The Bertz CT molecular complexity index is 1140. The van der Waals surface area contributed by atoms with E-state index >= 15 is 0 Å². The van der Waals surface area contributed by atoms with Gasteiger partial charge in [-0.3, -0.25) is 23.6 Å². The third-order valence-electron chi connectivity index (χ3n) is 5.34. The Morgan fingerprint density at radius 1 is 1.14 bits per heavy atom. The molecular formula is C20H30F3N7O5. The number of nitrogens with two attached hydrogens (primary N) is 1. The molecule has 0 spiro atoms.